The van der Waals surface area contributed by atoms with Crippen molar-refractivity contribution < 1.29 is 19.4 Å². The Morgan fingerprint density at radius 2 is 2.19 bits per heavy atom. The molecule has 5 atom stereocenters. The van der Waals surface area contributed by atoms with E-state index in [2.05, 4.69) is 33.8 Å². The molecule has 0 spiro atoms. The largest absolute Gasteiger partial charge is 0.462 e. The highest BCUT2D eigenvalue weighted by molar-refractivity contribution is 5.66. The summed E-state index contributed by atoms with van der Waals surface area (Å²) < 4.78 is 11.3. The fourth-order valence-corrected chi connectivity index (χ4v) is 3.61. The van der Waals surface area contributed by atoms with Crippen LogP contribution in [0, 0.1) is 11.8 Å². The Hall–Kier alpha value is -0.870. The monoisotopic (exact) mass is 296 g/mol. The van der Waals surface area contributed by atoms with Gasteiger partial charge in [0.25, 0.3) is 0 Å². The number of allylic oxidation sites excluding steroid dienone is 1. The van der Waals surface area contributed by atoms with Crippen molar-refractivity contribution in [3.63, 3.8) is 0 Å². The molecule has 1 N–H and O–H groups in total. The van der Waals surface area contributed by atoms with Gasteiger partial charge in [0.1, 0.15) is 12.2 Å². The third kappa shape index (κ3) is 3.67. The van der Waals surface area contributed by atoms with E-state index in [1.807, 2.05) is 0 Å². The predicted octanol–water partition coefficient (Wildman–Crippen LogP) is 2.84. The maximum absolute atomic E-state index is 11.4. The molecule has 0 bridgehead atoms. The lowest BCUT2D eigenvalue weighted by Crippen LogP contribution is -2.43. The fourth-order valence-electron chi connectivity index (χ4n) is 3.61. The molecular formula is C17H28O4. The van der Waals surface area contributed by atoms with Crippen molar-refractivity contribution in [1.29, 1.82) is 0 Å². The molecule has 1 aliphatic heterocycles. The van der Waals surface area contributed by atoms with Crippen LogP contribution in [0.3, 0.4) is 0 Å². The predicted molar refractivity (Wildman–Crippen MR) is 80.8 cm³/mol. The minimum Gasteiger partial charge on any atom is -0.462 e. The molecule has 2 aliphatic rings. The molecule has 4 nitrogen and oxygen atoms in total. The van der Waals surface area contributed by atoms with E-state index in [0.717, 1.165) is 12.8 Å². The molecule has 21 heavy (non-hydrogen) atoms. The number of epoxide rings is 1. The Bertz CT molecular complexity index is 429. The molecule has 0 aromatic rings. The molecule has 0 radical (unpaired) electrons. The van der Waals surface area contributed by atoms with E-state index in [1.165, 1.54) is 12.5 Å². The first-order valence-corrected chi connectivity index (χ1v) is 7.93. The zero-order chi connectivity index (χ0) is 15.8. The van der Waals surface area contributed by atoms with Gasteiger partial charge >= 0.3 is 5.97 Å². The lowest BCUT2D eigenvalue weighted by Gasteiger charge is -2.34. The second kappa shape index (κ2) is 6.09. The van der Waals surface area contributed by atoms with Gasteiger partial charge < -0.3 is 14.6 Å². The molecule has 120 valence electrons. The normalized spacial score (nSPS) is 40.2. The van der Waals surface area contributed by atoms with Gasteiger partial charge in [-0.2, -0.15) is 0 Å². The van der Waals surface area contributed by atoms with Crippen LogP contribution < -0.4 is 0 Å². The molecule has 0 amide bonds. The summed E-state index contributed by atoms with van der Waals surface area (Å²) in [6.07, 6.45) is 3.72. The number of hydrogen-bond acceptors (Lipinski definition) is 4. The minimum atomic E-state index is -0.592. The zero-order valence-corrected chi connectivity index (χ0v) is 13.8. The van der Waals surface area contributed by atoms with Crippen LogP contribution in [0.5, 0.6) is 0 Å². The van der Waals surface area contributed by atoms with Gasteiger partial charge in [-0.15, -0.1) is 0 Å². The van der Waals surface area contributed by atoms with E-state index in [1.54, 1.807) is 0 Å². The van der Waals surface area contributed by atoms with Crippen molar-refractivity contribution >= 4 is 5.97 Å². The molecule has 1 aliphatic carbocycles. The van der Waals surface area contributed by atoms with E-state index in [9.17, 15) is 9.90 Å². The maximum atomic E-state index is 11.4. The molecule has 2 rings (SSSR count). The lowest BCUT2D eigenvalue weighted by molar-refractivity contribution is -0.153. The molecule has 1 heterocycles. The molecule has 0 aromatic carbocycles. The lowest BCUT2D eigenvalue weighted by atomic mass is 9.78. The van der Waals surface area contributed by atoms with Crippen LogP contribution in [0.4, 0.5) is 0 Å². The second-order valence-corrected chi connectivity index (χ2v) is 7.10. The van der Waals surface area contributed by atoms with Crippen LogP contribution >= 0.6 is 0 Å². The fraction of sp³-hybridized carbons (Fsp3) is 0.824. The molecule has 0 unspecified atom stereocenters. The summed E-state index contributed by atoms with van der Waals surface area (Å²) >= 11 is 0. The number of carbonyl (C=O) groups excluding carboxylic acids is 1. The Kier molecular flexibility index (Phi) is 4.79. The number of rotatable bonds is 2. The van der Waals surface area contributed by atoms with Gasteiger partial charge in [0.15, 0.2) is 0 Å². The molecule has 4 heteroatoms. The zero-order valence-electron chi connectivity index (χ0n) is 13.8. The Labute approximate surface area is 127 Å². The third-order valence-electron chi connectivity index (χ3n) is 4.82. The highest BCUT2D eigenvalue weighted by atomic mass is 16.6. The summed E-state index contributed by atoms with van der Waals surface area (Å²) in [5.74, 6) is -0.186. The van der Waals surface area contributed by atoms with Crippen LogP contribution in [0.25, 0.3) is 0 Å². The number of carbonyl (C=O) groups is 1. The second-order valence-electron chi connectivity index (χ2n) is 7.10. The number of aliphatic hydroxyl groups is 1. The summed E-state index contributed by atoms with van der Waals surface area (Å²) in [7, 11) is 0. The van der Waals surface area contributed by atoms with E-state index in [-0.39, 0.29) is 35.6 Å². The number of fused-ring (bicyclic) bond motifs is 1. The average Bonchev–Trinajstić information content (AvgIpc) is 2.99. The molecule has 1 fully saturated rings. The summed E-state index contributed by atoms with van der Waals surface area (Å²) in [5, 5.41) is 10.8. The quantitative estimate of drug-likeness (QED) is 0.483. The van der Waals surface area contributed by atoms with Crippen LogP contribution in [-0.4, -0.2) is 35.0 Å². The molecule has 0 saturated carbocycles. The van der Waals surface area contributed by atoms with Crippen molar-refractivity contribution in [2.75, 3.05) is 0 Å². The van der Waals surface area contributed by atoms with Crippen molar-refractivity contribution in [2.45, 2.75) is 77.8 Å². The first-order chi connectivity index (χ1) is 9.74. The molecule has 1 saturated heterocycles. The van der Waals surface area contributed by atoms with Gasteiger partial charge in [-0.1, -0.05) is 25.5 Å². The van der Waals surface area contributed by atoms with Crippen LogP contribution in [-0.2, 0) is 14.3 Å². The first kappa shape index (κ1) is 16.5. The van der Waals surface area contributed by atoms with E-state index in [0.29, 0.717) is 6.42 Å². The van der Waals surface area contributed by atoms with E-state index < -0.39 is 6.10 Å². The Morgan fingerprint density at radius 1 is 1.52 bits per heavy atom. The van der Waals surface area contributed by atoms with Crippen molar-refractivity contribution in [3.05, 3.63) is 11.6 Å². The van der Waals surface area contributed by atoms with Gasteiger partial charge in [0, 0.05) is 19.3 Å². The highest BCUT2D eigenvalue weighted by Crippen LogP contribution is 2.46. The van der Waals surface area contributed by atoms with E-state index in [4.69, 9.17) is 9.47 Å². The van der Waals surface area contributed by atoms with Crippen LogP contribution in [0.1, 0.15) is 53.9 Å². The number of aliphatic hydroxyl groups excluding tert-OH is 1. The summed E-state index contributed by atoms with van der Waals surface area (Å²) in [4.78, 5) is 11.4. The number of ether oxygens (including phenoxy) is 2. The third-order valence-corrected chi connectivity index (χ3v) is 4.82. The first-order valence-electron chi connectivity index (χ1n) is 7.93. The van der Waals surface area contributed by atoms with Crippen molar-refractivity contribution in [2.24, 2.45) is 11.8 Å². The van der Waals surface area contributed by atoms with Gasteiger partial charge in [0.05, 0.1) is 11.7 Å². The highest BCUT2D eigenvalue weighted by Gasteiger charge is 2.58. The SMILES string of the molecule is CC(=O)O[C@@H]1CC(C)=CCC[C@@]2(C)O[C@@H]2[C@H](O)[C@H]1C(C)C. The van der Waals surface area contributed by atoms with Crippen LogP contribution in [0.15, 0.2) is 11.6 Å². The van der Waals surface area contributed by atoms with Gasteiger partial charge in [-0.3, -0.25) is 4.79 Å². The van der Waals surface area contributed by atoms with Crippen molar-refractivity contribution in [1.82, 2.24) is 0 Å². The Balaban J connectivity index is 2.29. The summed E-state index contributed by atoms with van der Waals surface area (Å²) in [6, 6.07) is 0. The standard InChI is InChI=1S/C17H28O4/c1-10(2)14-13(20-12(4)18)9-11(3)7-6-8-17(5)16(21-17)15(14)19/h7,10,13-16,19H,6,8-9H2,1-5H3/t13-,14+,15-,16-,17-/m1/s1. The summed E-state index contributed by atoms with van der Waals surface area (Å²) in [5.41, 5.74) is 0.975. The van der Waals surface area contributed by atoms with Crippen molar-refractivity contribution in [3.8, 4) is 0 Å². The van der Waals surface area contributed by atoms with Crippen LogP contribution in [0.2, 0.25) is 0 Å². The Morgan fingerprint density at radius 3 is 2.76 bits per heavy atom. The molecular weight excluding hydrogens is 268 g/mol. The number of esters is 1. The summed E-state index contributed by atoms with van der Waals surface area (Å²) in [6.45, 7) is 9.68. The average molecular weight is 296 g/mol. The minimum absolute atomic E-state index is 0.109. The smallest absolute Gasteiger partial charge is 0.302 e. The van der Waals surface area contributed by atoms with Gasteiger partial charge in [-0.25, -0.2) is 0 Å². The van der Waals surface area contributed by atoms with Gasteiger partial charge in [-0.05, 0) is 32.6 Å². The topological polar surface area (TPSA) is 59.1 Å². The van der Waals surface area contributed by atoms with Gasteiger partial charge in [0.2, 0.25) is 0 Å². The van der Waals surface area contributed by atoms with E-state index >= 15 is 0 Å². The molecule has 0 aromatic heterocycles. The number of hydrogen-bond donors (Lipinski definition) is 1. The maximum Gasteiger partial charge on any atom is 0.302 e.